The number of ether oxygens (including phenoxy) is 1. The minimum Gasteiger partial charge on any atom is -0.376 e. The molecule has 0 radical (unpaired) electrons. The Balaban J connectivity index is 1.31. The van der Waals surface area contributed by atoms with Gasteiger partial charge in [-0.2, -0.15) is 0 Å². The van der Waals surface area contributed by atoms with Gasteiger partial charge in [-0.05, 0) is 26.0 Å². The Kier molecular flexibility index (Phi) is 5.02. The van der Waals surface area contributed by atoms with Crippen molar-refractivity contribution < 1.29 is 9.53 Å². The van der Waals surface area contributed by atoms with E-state index in [-0.39, 0.29) is 12.0 Å². The van der Waals surface area contributed by atoms with Gasteiger partial charge in [0, 0.05) is 49.1 Å². The summed E-state index contributed by atoms with van der Waals surface area (Å²) in [5.41, 5.74) is 2.67. The van der Waals surface area contributed by atoms with Gasteiger partial charge in [0.25, 0.3) is 5.91 Å². The number of nitrogens with one attached hydrogen (secondary N) is 1. The van der Waals surface area contributed by atoms with Crippen LogP contribution in [0, 0.1) is 25.7 Å². The first-order valence-electron chi connectivity index (χ1n) is 9.05. The fourth-order valence-electron chi connectivity index (χ4n) is 3.92. The van der Waals surface area contributed by atoms with E-state index in [9.17, 15) is 4.79 Å². The zero-order valence-corrected chi connectivity index (χ0v) is 16.0. The number of amides is 1. The normalized spacial score (nSPS) is 25.4. The fourth-order valence-corrected chi connectivity index (χ4v) is 4.51. The summed E-state index contributed by atoms with van der Waals surface area (Å²) in [6.07, 6.45) is 0.267. The Morgan fingerprint density at radius 3 is 3.00 bits per heavy atom. The highest BCUT2D eigenvalue weighted by Crippen LogP contribution is 2.34. The number of pyridine rings is 1. The number of likely N-dealkylation sites (tertiary alicyclic amines) is 1. The number of aromatic nitrogens is 2. The maximum Gasteiger partial charge on any atom is 0.270 e. The topological polar surface area (TPSA) is 67.4 Å². The summed E-state index contributed by atoms with van der Waals surface area (Å²) in [6.45, 7) is 8.10. The van der Waals surface area contributed by atoms with Crippen molar-refractivity contribution in [1.82, 2.24) is 20.2 Å². The second kappa shape index (κ2) is 7.42. The van der Waals surface area contributed by atoms with Crippen LogP contribution in [0.1, 0.15) is 26.9 Å². The van der Waals surface area contributed by atoms with Crippen molar-refractivity contribution in [3.63, 3.8) is 0 Å². The van der Waals surface area contributed by atoms with E-state index in [1.165, 1.54) is 11.3 Å². The standard InChI is InChI=1S/C19H24N4O2S/c1-12-4-3-5-15(21-12)7-23-8-16-14(10-25-18(16)9-23)6-20-19(24)17-11-26-13(2)22-17/h3-5,11,14,16,18H,6-10H2,1-2H3,(H,20,24)/t14-,16-,18-/m1/s1. The summed E-state index contributed by atoms with van der Waals surface area (Å²) in [4.78, 5) is 23.5. The van der Waals surface area contributed by atoms with E-state index in [0.29, 0.717) is 24.1 Å². The number of nitrogens with zero attached hydrogens (tertiary/aromatic N) is 3. The van der Waals surface area contributed by atoms with Crippen molar-refractivity contribution in [2.75, 3.05) is 26.2 Å². The first kappa shape index (κ1) is 17.6. The summed E-state index contributed by atoms with van der Waals surface area (Å²) < 4.78 is 6.00. The van der Waals surface area contributed by atoms with Crippen LogP contribution in [0.4, 0.5) is 0 Å². The number of aryl methyl sites for hydroxylation is 2. The van der Waals surface area contributed by atoms with Crippen molar-refractivity contribution in [2.45, 2.75) is 26.5 Å². The Morgan fingerprint density at radius 2 is 2.23 bits per heavy atom. The van der Waals surface area contributed by atoms with Gasteiger partial charge in [-0.25, -0.2) is 4.98 Å². The fraction of sp³-hybridized carbons (Fsp3) is 0.526. The average Bonchev–Trinajstić information content (AvgIpc) is 3.29. The van der Waals surface area contributed by atoms with Crippen molar-refractivity contribution in [3.05, 3.63) is 45.7 Å². The largest absolute Gasteiger partial charge is 0.376 e. The van der Waals surface area contributed by atoms with Crippen LogP contribution >= 0.6 is 11.3 Å². The molecule has 0 bridgehead atoms. The van der Waals surface area contributed by atoms with Gasteiger partial charge < -0.3 is 10.1 Å². The first-order valence-corrected chi connectivity index (χ1v) is 9.93. The van der Waals surface area contributed by atoms with Gasteiger partial charge >= 0.3 is 0 Å². The highest BCUT2D eigenvalue weighted by Gasteiger charge is 2.43. The number of rotatable bonds is 5. The molecular formula is C19H24N4O2S. The highest BCUT2D eigenvalue weighted by molar-refractivity contribution is 7.09. The minimum atomic E-state index is -0.0865. The molecule has 138 valence electrons. The Labute approximate surface area is 157 Å². The molecule has 2 saturated heterocycles. The first-order chi connectivity index (χ1) is 12.6. The molecule has 2 aliphatic heterocycles. The molecule has 4 rings (SSSR count). The average molecular weight is 372 g/mol. The lowest BCUT2D eigenvalue weighted by molar-refractivity contribution is 0.0900. The molecule has 0 unspecified atom stereocenters. The highest BCUT2D eigenvalue weighted by atomic mass is 32.1. The molecule has 6 nitrogen and oxygen atoms in total. The van der Waals surface area contributed by atoms with Crippen molar-refractivity contribution >= 4 is 17.2 Å². The number of carbonyl (C=O) groups excluding carboxylic acids is 1. The van der Waals surface area contributed by atoms with Gasteiger partial charge in [0.1, 0.15) is 5.69 Å². The van der Waals surface area contributed by atoms with Crippen LogP contribution in [0.25, 0.3) is 0 Å². The van der Waals surface area contributed by atoms with Gasteiger partial charge in [-0.15, -0.1) is 11.3 Å². The second-order valence-corrected chi connectivity index (χ2v) is 8.28. The molecule has 2 aromatic rings. The number of fused-ring (bicyclic) bond motifs is 1. The molecule has 7 heteroatoms. The van der Waals surface area contributed by atoms with Crippen LogP contribution in [0.5, 0.6) is 0 Å². The van der Waals surface area contributed by atoms with Gasteiger partial charge in [0.2, 0.25) is 0 Å². The molecule has 2 fully saturated rings. The van der Waals surface area contributed by atoms with E-state index < -0.39 is 0 Å². The summed E-state index contributed by atoms with van der Waals surface area (Å²) in [6, 6.07) is 6.16. The second-order valence-electron chi connectivity index (χ2n) is 7.22. The molecule has 4 heterocycles. The van der Waals surface area contributed by atoms with Crippen LogP contribution < -0.4 is 5.32 Å². The summed E-state index contributed by atoms with van der Waals surface area (Å²) in [7, 11) is 0. The Bertz CT molecular complexity index is 793. The lowest BCUT2D eigenvalue weighted by Crippen LogP contribution is -2.34. The summed E-state index contributed by atoms with van der Waals surface area (Å²) in [5, 5.41) is 5.76. The van der Waals surface area contributed by atoms with Gasteiger partial charge in [0.15, 0.2) is 0 Å². The van der Waals surface area contributed by atoms with E-state index in [0.717, 1.165) is 42.6 Å². The van der Waals surface area contributed by atoms with E-state index in [1.54, 1.807) is 0 Å². The molecule has 1 amide bonds. The third-order valence-corrected chi connectivity index (χ3v) is 6.00. The molecule has 2 aliphatic rings. The number of carbonyl (C=O) groups is 1. The van der Waals surface area contributed by atoms with Gasteiger partial charge in [-0.3, -0.25) is 14.7 Å². The molecule has 3 atom stereocenters. The van der Waals surface area contributed by atoms with Crippen molar-refractivity contribution in [1.29, 1.82) is 0 Å². The Hall–Kier alpha value is -1.83. The zero-order chi connectivity index (χ0) is 18.1. The molecule has 0 spiro atoms. The van der Waals surface area contributed by atoms with E-state index in [2.05, 4.69) is 32.3 Å². The van der Waals surface area contributed by atoms with Gasteiger partial charge in [-0.1, -0.05) is 6.07 Å². The van der Waals surface area contributed by atoms with E-state index >= 15 is 0 Å². The van der Waals surface area contributed by atoms with Crippen LogP contribution in [0.15, 0.2) is 23.6 Å². The molecule has 0 aromatic carbocycles. The lowest BCUT2D eigenvalue weighted by Gasteiger charge is -2.19. The summed E-state index contributed by atoms with van der Waals surface area (Å²) >= 11 is 1.50. The number of hydrogen-bond acceptors (Lipinski definition) is 6. The smallest absolute Gasteiger partial charge is 0.270 e. The number of thiazole rings is 1. The van der Waals surface area contributed by atoms with E-state index in [4.69, 9.17) is 4.74 Å². The summed E-state index contributed by atoms with van der Waals surface area (Å²) in [5.74, 6) is 0.744. The van der Waals surface area contributed by atoms with E-state index in [1.807, 2.05) is 25.3 Å². The molecule has 26 heavy (non-hydrogen) atoms. The van der Waals surface area contributed by atoms with Crippen molar-refractivity contribution in [2.24, 2.45) is 11.8 Å². The van der Waals surface area contributed by atoms with Gasteiger partial charge in [0.05, 0.1) is 23.4 Å². The predicted octanol–water partition coefficient (Wildman–Crippen LogP) is 2.03. The van der Waals surface area contributed by atoms with Crippen LogP contribution in [-0.4, -0.2) is 53.1 Å². The molecule has 0 aliphatic carbocycles. The minimum absolute atomic E-state index is 0.0865. The molecule has 0 saturated carbocycles. The zero-order valence-electron chi connectivity index (χ0n) is 15.1. The predicted molar refractivity (Wildman–Crippen MR) is 100 cm³/mol. The third-order valence-electron chi connectivity index (χ3n) is 5.22. The SMILES string of the molecule is Cc1cccc(CN2C[C@@H]3[C@H](CNC(=O)c4csc(C)n4)CO[C@@H]3C2)n1. The maximum absolute atomic E-state index is 12.2. The molecular weight excluding hydrogens is 348 g/mol. The van der Waals surface area contributed by atoms with Crippen LogP contribution in [0.3, 0.4) is 0 Å². The number of hydrogen-bond donors (Lipinski definition) is 1. The maximum atomic E-state index is 12.2. The Morgan fingerprint density at radius 1 is 1.35 bits per heavy atom. The van der Waals surface area contributed by atoms with Crippen LogP contribution in [0.2, 0.25) is 0 Å². The molecule has 2 aromatic heterocycles. The third kappa shape index (κ3) is 3.79. The quantitative estimate of drug-likeness (QED) is 0.870. The van der Waals surface area contributed by atoms with Crippen LogP contribution in [-0.2, 0) is 11.3 Å². The van der Waals surface area contributed by atoms with Crippen molar-refractivity contribution in [3.8, 4) is 0 Å². The monoisotopic (exact) mass is 372 g/mol. The molecule has 1 N–H and O–H groups in total. The lowest BCUT2D eigenvalue weighted by atomic mass is 9.93.